The second-order valence-corrected chi connectivity index (χ2v) is 7.63. The number of aryl methyl sites for hydroxylation is 1. The van der Waals surface area contributed by atoms with E-state index in [1.807, 2.05) is 44.2 Å². The lowest BCUT2D eigenvalue weighted by molar-refractivity contribution is 0.0959. The zero-order valence-electron chi connectivity index (χ0n) is 15.9. The lowest BCUT2D eigenvalue weighted by Gasteiger charge is -2.10. The van der Waals surface area contributed by atoms with E-state index in [4.69, 9.17) is 21.1 Å². The number of nitrogens with one attached hydrogen (secondary N) is 1. The first-order valence-electron chi connectivity index (χ1n) is 8.86. The van der Waals surface area contributed by atoms with Crippen molar-refractivity contribution in [2.24, 2.45) is 5.10 Å². The third kappa shape index (κ3) is 4.46. The summed E-state index contributed by atoms with van der Waals surface area (Å²) in [5.74, 6) is 0.958. The first-order valence-corrected chi connectivity index (χ1v) is 10.1. The summed E-state index contributed by atoms with van der Waals surface area (Å²) in [7, 11) is 1.59. The fourth-order valence-electron chi connectivity index (χ4n) is 2.63. The van der Waals surface area contributed by atoms with Crippen molar-refractivity contribution in [3.05, 3.63) is 57.4 Å². The van der Waals surface area contributed by atoms with Crippen LogP contribution in [0.3, 0.4) is 0 Å². The van der Waals surface area contributed by atoms with Crippen molar-refractivity contribution in [2.75, 3.05) is 13.7 Å². The van der Waals surface area contributed by atoms with E-state index >= 15 is 0 Å². The molecule has 0 aliphatic carbocycles. The van der Waals surface area contributed by atoms with Gasteiger partial charge in [-0.1, -0.05) is 30.7 Å². The maximum absolute atomic E-state index is 12.5. The average molecular weight is 417 g/mol. The van der Waals surface area contributed by atoms with Crippen molar-refractivity contribution in [3.8, 4) is 11.5 Å². The van der Waals surface area contributed by atoms with Crippen molar-refractivity contribution in [2.45, 2.75) is 20.3 Å². The molecule has 5 nitrogen and oxygen atoms in total. The van der Waals surface area contributed by atoms with E-state index in [1.165, 1.54) is 11.3 Å². The molecular formula is C21H21ClN2O3S. The van der Waals surface area contributed by atoms with E-state index in [0.29, 0.717) is 28.0 Å². The van der Waals surface area contributed by atoms with E-state index in [-0.39, 0.29) is 5.91 Å². The van der Waals surface area contributed by atoms with Gasteiger partial charge in [-0.25, -0.2) is 5.43 Å². The largest absolute Gasteiger partial charge is 0.493 e. The lowest BCUT2D eigenvalue weighted by Crippen LogP contribution is -2.16. The number of benzene rings is 2. The van der Waals surface area contributed by atoms with Gasteiger partial charge >= 0.3 is 0 Å². The molecule has 0 unspecified atom stereocenters. The molecule has 0 spiro atoms. The lowest BCUT2D eigenvalue weighted by atomic mass is 10.2. The maximum Gasteiger partial charge on any atom is 0.283 e. The van der Waals surface area contributed by atoms with Crippen molar-refractivity contribution in [1.29, 1.82) is 0 Å². The first-order chi connectivity index (χ1) is 13.5. The molecule has 3 rings (SSSR count). The predicted molar refractivity (Wildman–Crippen MR) is 115 cm³/mol. The van der Waals surface area contributed by atoms with E-state index in [0.717, 1.165) is 27.6 Å². The Morgan fingerprint density at radius 3 is 2.82 bits per heavy atom. The SMILES string of the molecule is CCCOc1ccc(C=NNC(=O)c2sc3cc(C)ccc3c2Cl)cc1OC. The molecule has 2 aromatic carbocycles. The molecule has 0 bridgehead atoms. The molecule has 0 aliphatic heterocycles. The third-order valence-electron chi connectivity index (χ3n) is 4.02. The number of hydrogen-bond donors (Lipinski definition) is 1. The molecule has 1 heterocycles. The third-order valence-corrected chi connectivity index (χ3v) is 5.68. The molecule has 3 aromatic rings. The quantitative estimate of drug-likeness (QED) is 0.413. The van der Waals surface area contributed by atoms with Crippen LogP contribution in [0.1, 0.15) is 34.1 Å². The minimum atomic E-state index is -0.338. The number of fused-ring (bicyclic) bond motifs is 1. The Hall–Kier alpha value is -2.57. The number of carbonyl (C=O) groups excluding carboxylic acids is 1. The highest BCUT2D eigenvalue weighted by Gasteiger charge is 2.16. The Bertz CT molecular complexity index is 1030. The predicted octanol–water partition coefficient (Wildman–Crippen LogP) is 5.42. The molecule has 0 saturated heterocycles. The molecule has 0 fully saturated rings. The summed E-state index contributed by atoms with van der Waals surface area (Å²) in [6.45, 7) is 4.67. The molecule has 28 heavy (non-hydrogen) atoms. The van der Waals surface area contributed by atoms with Gasteiger partial charge in [-0.2, -0.15) is 5.10 Å². The van der Waals surface area contributed by atoms with Crippen LogP contribution in [0.25, 0.3) is 10.1 Å². The Morgan fingerprint density at radius 2 is 2.07 bits per heavy atom. The standard InChI is InChI=1S/C21H21ClN2O3S/c1-4-9-27-16-8-6-14(11-17(16)26-3)12-23-24-21(25)20-19(22)15-7-5-13(2)10-18(15)28-20/h5-8,10-12H,4,9H2,1-3H3,(H,24,25). The van der Waals surface area contributed by atoms with Crippen LogP contribution in [0.4, 0.5) is 0 Å². The summed E-state index contributed by atoms with van der Waals surface area (Å²) in [5, 5.41) is 5.37. The van der Waals surface area contributed by atoms with Gasteiger partial charge in [0, 0.05) is 10.1 Å². The minimum absolute atomic E-state index is 0.338. The van der Waals surface area contributed by atoms with E-state index in [2.05, 4.69) is 10.5 Å². The van der Waals surface area contributed by atoms with Gasteiger partial charge in [-0.3, -0.25) is 4.79 Å². The summed E-state index contributed by atoms with van der Waals surface area (Å²) >= 11 is 7.72. The molecule has 1 aromatic heterocycles. The normalized spacial score (nSPS) is 11.1. The number of halogens is 1. The zero-order valence-corrected chi connectivity index (χ0v) is 17.5. The van der Waals surface area contributed by atoms with Crippen molar-refractivity contribution in [1.82, 2.24) is 5.43 Å². The van der Waals surface area contributed by atoms with Gasteiger partial charge in [0.05, 0.1) is 25.0 Å². The second kappa shape index (κ2) is 9.08. The van der Waals surface area contributed by atoms with Crippen molar-refractivity contribution < 1.29 is 14.3 Å². The molecule has 0 aliphatic rings. The van der Waals surface area contributed by atoms with Gasteiger partial charge < -0.3 is 9.47 Å². The Kier molecular flexibility index (Phi) is 6.54. The van der Waals surface area contributed by atoms with Crippen molar-refractivity contribution in [3.63, 3.8) is 0 Å². The average Bonchev–Trinajstić information content (AvgIpc) is 3.02. The topological polar surface area (TPSA) is 59.9 Å². The van der Waals surface area contributed by atoms with Gasteiger partial charge in [0.25, 0.3) is 5.91 Å². The van der Waals surface area contributed by atoms with Gasteiger partial charge in [-0.05, 0) is 48.7 Å². The summed E-state index contributed by atoms with van der Waals surface area (Å²) in [6, 6.07) is 11.4. The van der Waals surface area contributed by atoms with Gasteiger partial charge in [-0.15, -0.1) is 11.3 Å². The smallest absolute Gasteiger partial charge is 0.283 e. The summed E-state index contributed by atoms with van der Waals surface area (Å²) in [4.78, 5) is 12.9. The molecule has 0 saturated carbocycles. The molecule has 146 valence electrons. The number of rotatable bonds is 7. The molecule has 0 atom stereocenters. The summed E-state index contributed by atoms with van der Waals surface area (Å²) in [5.41, 5.74) is 4.43. The van der Waals surface area contributed by atoms with Gasteiger partial charge in [0.1, 0.15) is 4.88 Å². The number of amides is 1. The van der Waals surface area contributed by atoms with Crippen LogP contribution >= 0.6 is 22.9 Å². The number of ether oxygens (including phenoxy) is 2. The highest BCUT2D eigenvalue weighted by molar-refractivity contribution is 7.21. The molecule has 0 radical (unpaired) electrons. The molecule has 7 heteroatoms. The monoisotopic (exact) mass is 416 g/mol. The van der Waals surface area contributed by atoms with Crippen LogP contribution in [0.15, 0.2) is 41.5 Å². The Balaban J connectivity index is 1.72. The van der Waals surface area contributed by atoms with E-state index < -0.39 is 0 Å². The zero-order chi connectivity index (χ0) is 20.1. The number of carbonyl (C=O) groups is 1. The summed E-state index contributed by atoms with van der Waals surface area (Å²) < 4.78 is 12.0. The Morgan fingerprint density at radius 1 is 1.25 bits per heavy atom. The number of methoxy groups -OCH3 is 1. The highest BCUT2D eigenvalue weighted by atomic mass is 35.5. The molecular weight excluding hydrogens is 396 g/mol. The first kappa shape index (κ1) is 20.2. The second-order valence-electron chi connectivity index (χ2n) is 6.20. The van der Waals surface area contributed by atoms with Crippen molar-refractivity contribution >= 4 is 45.1 Å². The summed E-state index contributed by atoms with van der Waals surface area (Å²) in [6.07, 6.45) is 2.47. The van der Waals surface area contributed by atoms with Crippen LogP contribution in [-0.4, -0.2) is 25.8 Å². The fourth-order valence-corrected chi connectivity index (χ4v) is 4.14. The van der Waals surface area contributed by atoms with Crippen LogP contribution in [-0.2, 0) is 0 Å². The highest BCUT2D eigenvalue weighted by Crippen LogP contribution is 2.35. The van der Waals surface area contributed by atoms with Crippen LogP contribution in [0.2, 0.25) is 5.02 Å². The Labute approximate surface area is 172 Å². The fraction of sp³-hybridized carbons (Fsp3) is 0.238. The van der Waals surface area contributed by atoms with Crippen LogP contribution < -0.4 is 14.9 Å². The number of hydrogen-bond acceptors (Lipinski definition) is 5. The minimum Gasteiger partial charge on any atom is -0.493 e. The number of thiophene rings is 1. The van der Waals surface area contributed by atoms with Gasteiger partial charge in [0.15, 0.2) is 11.5 Å². The van der Waals surface area contributed by atoms with E-state index in [9.17, 15) is 4.79 Å². The van der Waals surface area contributed by atoms with E-state index in [1.54, 1.807) is 19.4 Å². The molecule has 1 amide bonds. The number of hydrazone groups is 1. The molecule has 1 N–H and O–H groups in total. The van der Waals surface area contributed by atoms with Crippen LogP contribution in [0.5, 0.6) is 11.5 Å². The van der Waals surface area contributed by atoms with Gasteiger partial charge in [0.2, 0.25) is 0 Å². The number of nitrogens with zero attached hydrogens (tertiary/aromatic N) is 1. The van der Waals surface area contributed by atoms with Crippen LogP contribution in [0, 0.1) is 6.92 Å². The maximum atomic E-state index is 12.5.